The molecule has 8 aromatic carbocycles. The Morgan fingerprint density at radius 3 is 2.06 bits per heavy atom. The summed E-state index contributed by atoms with van der Waals surface area (Å²) in [5.74, 6) is 0.883. The van der Waals surface area contributed by atoms with E-state index in [2.05, 4.69) is 225 Å². The van der Waals surface area contributed by atoms with Crippen molar-refractivity contribution < 1.29 is 0 Å². The number of fused-ring (bicyclic) bond motifs is 3. The van der Waals surface area contributed by atoms with Crippen LogP contribution in [0.4, 0.5) is 0 Å². The molecule has 0 N–H and O–H groups in total. The Kier molecular flexibility index (Phi) is 11.4. The average Bonchev–Trinajstić information content (AvgIpc) is 3.75. The van der Waals surface area contributed by atoms with Crippen molar-refractivity contribution in [1.82, 2.24) is 9.55 Å². The summed E-state index contributed by atoms with van der Waals surface area (Å²) >= 11 is 0. The fraction of sp³-hybridized carbons (Fsp3) is 0.0469. The molecule has 316 valence electrons. The number of imidazole rings is 1. The smallest absolute Gasteiger partial charge is 0.146 e. The molecule has 1 heterocycles. The van der Waals surface area contributed by atoms with Gasteiger partial charge in [0, 0.05) is 11.3 Å². The van der Waals surface area contributed by atoms with Crippen LogP contribution in [0.15, 0.2) is 231 Å². The maximum absolute atomic E-state index is 5.21. The van der Waals surface area contributed by atoms with Gasteiger partial charge >= 0.3 is 0 Å². The maximum Gasteiger partial charge on any atom is 0.146 e. The van der Waals surface area contributed by atoms with E-state index in [-0.39, 0.29) is 0 Å². The molecule has 10 rings (SSSR count). The third kappa shape index (κ3) is 7.95. The van der Waals surface area contributed by atoms with Gasteiger partial charge in [0.05, 0.1) is 11.0 Å². The van der Waals surface area contributed by atoms with Crippen molar-refractivity contribution in [2.24, 2.45) is 0 Å². The highest BCUT2D eigenvalue weighted by Gasteiger charge is 2.21. The number of benzene rings is 8. The minimum absolute atomic E-state index is 0.771. The van der Waals surface area contributed by atoms with E-state index in [1.54, 1.807) is 0 Å². The number of aryl methyl sites for hydroxylation is 1. The summed E-state index contributed by atoms with van der Waals surface area (Å²) in [6.45, 7) is 17.1. The minimum atomic E-state index is 0.771. The molecule has 2 heteroatoms. The van der Waals surface area contributed by atoms with E-state index >= 15 is 0 Å². The summed E-state index contributed by atoms with van der Waals surface area (Å²) in [4.78, 5) is 5.21. The van der Waals surface area contributed by atoms with E-state index in [4.69, 9.17) is 4.98 Å². The molecule has 0 atom stereocenters. The highest BCUT2D eigenvalue weighted by Crippen LogP contribution is 2.36. The predicted molar refractivity (Wildman–Crippen MR) is 282 cm³/mol. The van der Waals surface area contributed by atoms with Gasteiger partial charge in [-0.25, -0.2) is 4.98 Å². The predicted octanol–water partition coefficient (Wildman–Crippen LogP) is 13.3. The molecule has 1 aliphatic carbocycles. The lowest BCUT2D eigenvalue weighted by atomic mass is 9.81. The van der Waals surface area contributed by atoms with Crippen molar-refractivity contribution in [3.8, 4) is 33.6 Å². The highest BCUT2D eigenvalue weighted by atomic mass is 15.1. The lowest BCUT2D eigenvalue weighted by Crippen LogP contribution is -2.34. The summed E-state index contributed by atoms with van der Waals surface area (Å²) in [6, 6.07) is 63.5. The molecule has 0 amide bonds. The molecule has 1 aromatic heterocycles. The van der Waals surface area contributed by atoms with Crippen LogP contribution in [0.25, 0.3) is 84.9 Å². The lowest BCUT2D eigenvalue weighted by molar-refractivity contribution is 1.13. The van der Waals surface area contributed by atoms with Crippen molar-refractivity contribution in [1.29, 1.82) is 0 Å². The van der Waals surface area contributed by atoms with Gasteiger partial charge < -0.3 is 0 Å². The molecule has 0 spiro atoms. The number of hydrogen-bond acceptors (Lipinski definition) is 1. The van der Waals surface area contributed by atoms with E-state index in [0.717, 1.165) is 72.8 Å². The summed E-state index contributed by atoms with van der Waals surface area (Å²) in [7, 11) is 0. The quantitative estimate of drug-likeness (QED) is 0.125. The largest absolute Gasteiger partial charge is 0.292 e. The van der Waals surface area contributed by atoms with Gasteiger partial charge in [-0.3, -0.25) is 4.57 Å². The number of hydrogen-bond donors (Lipinski definition) is 0. The Labute approximate surface area is 387 Å². The van der Waals surface area contributed by atoms with Gasteiger partial charge in [-0.15, -0.1) is 0 Å². The van der Waals surface area contributed by atoms with Crippen LogP contribution in [0.2, 0.25) is 0 Å². The lowest BCUT2D eigenvalue weighted by Gasteiger charge is -2.22. The third-order valence-electron chi connectivity index (χ3n) is 12.8. The summed E-state index contributed by atoms with van der Waals surface area (Å²) < 4.78 is 2.20. The topological polar surface area (TPSA) is 17.8 Å². The Morgan fingerprint density at radius 1 is 0.591 bits per heavy atom. The van der Waals surface area contributed by atoms with E-state index in [9.17, 15) is 0 Å². The van der Waals surface area contributed by atoms with Gasteiger partial charge in [-0.2, -0.15) is 0 Å². The number of allylic oxidation sites excluding steroid dienone is 7. The van der Waals surface area contributed by atoms with E-state index in [0.29, 0.717) is 0 Å². The van der Waals surface area contributed by atoms with Gasteiger partial charge in [0.1, 0.15) is 5.82 Å². The molecule has 1 aliphatic rings. The first-order chi connectivity index (χ1) is 32.4. The fourth-order valence-electron chi connectivity index (χ4n) is 9.35. The maximum atomic E-state index is 5.21. The highest BCUT2D eigenvalue weighted by molar-refractivity contribution is 5.92. The molecule has 0 aliphatic heterocycles. The molecule has 9 aromatic rings. The molecule has 0 unspecified atom stereocenters. The van der Waals surface area contributed by atoms with Gasteiger partial charge in [-0.1, -0.05) is 202 Å². The second-order valence-corrected chi connectivity index (χ2v) is 17.0. The normalized spacial score (nSPS) is 13.7. The van der Waals surface area contributed by atoms with Gasteiger partial charge in [-0.05, 0) is 150 Å². The standard InChI is InChI=1S/C64H50N2/c1-6-8-11-23-55-42-59(54-35-34-47-21-14-15-22-51(47)39-54)60-41-53(36-37-57(60)63(55)56-29-26-43(3)50(38-56)18-9-7-2)49-32-30-48(31-33-49)52-28-27-44(4)58(40-52)64-65-61-24-16-17-25-62(61)66(64)45(5)46-19-12-10-13-20-46/h6-41H,1,3,5,42H2,2,4H3/b9-7-,11-8-,50-18-,55-23+. The second-order valence-electron chi connectivity index (χ2n) is 17.0. The number of aromatic nitrogens is 2. The monoisotopic (exact) mass is 846 g/mol. The Hall–Kier alpha value is -8.33. The first kappa shape index (κ1) is 41.7. The van der Waals surface area contributed by atoms with Crippen molar-refractivity contribution in [2.75, 3.05) is 0 Å². The van der Waals surface area contributed by atoms with Crippen LogP contribution in [0.3, 0.4) is 0 Å². The van der Waals surface area contributed by atoms with Crippen LogP contribution in [0, 0.1) is 6.92 Å². The van der Waals surface area contributed by atoms with Crippen LogP contribution in [0.5, 0.6) is 0 Å². The summed E-state index contributed by atoms with van der Waals surface area (Å²) in [6.07, 6.45) is 15.3. The Bertz CT molecular complexity index is 3720. The molecule has 66 heavy (non-hydrogen) atoms. The summed E-state index contributed by atoms with van der Waals surface area (Å²) in [5, 5.41) is 7.04. The molecule has 2 nitrogen and oxygen atoms in total. The minimum Gasteiger partial charge on any atom is -0.292 e. The zero-order valence-electron chi connectivity index (χ0n) is 37.5. The van der Waals surface area contributed by atoms with E-state index in [1.165, 1.54) is 54.6 Å². The molecule has 0 saturated carbocycles. The van der Waals surface area contributed by atoms with Crippen LogP contribution in [-0.2, 0) is 0 Å². The molecule has 0 saturated heterocycles. The first-order valence-electron chi connectivity index (χ1n) is 22.6. The zero-order chi connectivity index (χ0) is 45.1. The first-order valence-corrected chi connectivity index (χ1v) is 22.6. The van der Waals surface area contributed by atoms with Crippen LogP contribution in [-0.4, -0.2) is 9.55 Å². The van der Waals surface area contributed by atoms with Crippen molar-refractivity contribution in [3.63, 3.8) is 0 Å². The molecule has 0 bridgehead atoms. The van der Waals surface area contributed by atoms with Crippen molar-refractivity contribution in [3.05, 3.63) is 274 Å². The molecule has 0 fully saturated rings. The molecule has 0 radical (unpaired) electrons. The summed E-state index contributed by atoms with van der Waals surface area (Å²) in [5.41, 5.74) is 17.0. The van der Waals surface area contributed by atoms with Crippen LogP contribution >= 0.6 is 0 Å². The van der Waals surface area contributed by atoms with Gasteiger partial charge in [0.2, 0.25) is 0 Å². The van der Waals surface area contributed by atoms with Crippen LogP contribution < -0.4 is 20.9 Å². The zero-order valence-corrected chi connectivity index (χ0v) is 37.5. The van der Waals surface area contributed by atoms with Crippen LogP contribution in [0.1, 0.15) is 35.6 Å². The van der Waals surface area contributed by atoms with Crippen molar-refractivity contribution in [2.45, 2.75) is 20.3 Å². The second kappa shape index (κ2) is 18.0. The van der Waals surface area contributed by atoms with Gasteiger partial charge in [0.15, 0.2) is 0 Å². The molecular formula is C64H50N2. The third-order valence-corrected chi connectivity index (χ3v) is 12.8. The number of nitrogens with zero attached hydrogens (tertiary/aromatic N) is 2. The van der Waals surface area contributed by atoms with Gasteiger partial charge in [0.25, 0.3) is 0 Å². The SMILES string of the molecule is C=C/C=C\C=C1/CC(c2ccc3ccccc3c2)=c2cc(-c3ccc(-c4ccc(C)c(-c5nc6ccccc6n5C(=C)c5ccccc5)c4)cc3)ccc2=C1c1ccc(=C)/c(=C\C=C/C)c1. The average molecular weight is 847 g/mol. The Morgan fingerprint density at radius 2 is 1.27 bits per heavy atom. The van der Waals surface area contributed by atoms with E-state index in [1.807, 2.05) is 31.2 Å². The number of rotatable bonds is 10. The number of para-hydroxylation sites is 2. The van der Waals surface area contributed by atoms with Crippen molar-refractivity contribution >= 4 is 51.3 Å². The molecular weight excluding hydrogens is 797 g/mol. The fourth-order valence-corrected chi connectivity index (χ4v) is 9.35. The Balaban J connectivity index is 1.11. The van der Waals surface area contributed by atoms with E-state index < -0.39 is 0 Å².